The van der Waals surface area contributed by atoms with Crippen molar-refractivity contribution in [1.29, 1.82) is 5.41 Å². The Morgan fingerprint density at radius 2 is 1.55 bits per heavy atom. The van der Waals surface area contributed by atoms with Crippen LogP contribution in [-0.2, 0) is 35.5 Å². The van der Waals surface area contributed by atoms with Gasteiger partial charge in [-0.2, -0.15) is 0 Å². The number of sulfonamides is 1. The fourth-order valence-corrected chi connectivity index (χ4v) is 9.13. The first-order valence-electron chi connectivity index (χ1n) is 19.2. The van der Waals surface area contributed by atoms with Crippen molar-refractivity contribution in [2.45, 2.75) is 109 Å². The van der Waals surface area contributed by atoms with Gasteiger partial charge in [0.2, 0.25) is 11.9 Å². The fraction of sp³-hybridized carbons (Fsp3) is 0.476. The SMILES string of the molecule is CCC[C@@H](NC(=O)[C@@H](CCCNC(=N)NS(=O)(=O)c1c(C)c(C)c2c(c1C)C[C@@H](C)C(C)(C)O2)NC(=O)OCC1c2ccccc2-c2ccccc21)C(=O)OC. The number of rotatable bonds is 14. The first kappa shape index (κ1) is 42.0. The summed E-state index contributed by atoms with van der Waals surface area (Å²) in [5, 5.41) is 16.6. The summed E-state index contributed by atoms with van der Waals surface area (Å²) >= 11 is 0. The summed E-state index contributed by atoms with van der Waals surface area (Å²) in [6, 6.07) is 13.9. The van der Waals surface area contributed by atoms with Gasteiger partial charge in [-0.25, -0.2) is 22.7 Å². The van der Waals surface area contributed by atoms with Gasteiger partial charge in [0.05, 0.1) is 12.0 Å². The van der Waals surface area contributed by atoms with Gasteiger partial charge < -0.3 is 30.2 Å². The summed E-state index contributed by atoms with van der Waals surface area (Å²) in [7, 11) is -2.92. The zero-order valence-corrected chi connectivity index (χ0v) is 34.4. The van der Waals surface area contributed by atoms with Gasteiger partial charge in [-0.15, -0.1) is 0 Å². The van der Waals surface area contributed by atoms with Crippen molar-refractivity contribution in [3.8, 4) is 16.9 Å². The molecular weight excluding hydrogens is 735 g/mol. The molecule has 0 bridgehead atoms. The van der Waals surface area contributed by atoms with Gasteiger partial charge in [0.15, 0.2) is 0 Å². The van der Waals surface area contributed by atoms with E-state index in [1.165, 1.54) is 7.11 Å². The predicted molar refractivity (Wildman–Crippen MR) is 214 cm³/mol. The summed E-state index contributed by atoms with van der Waals surface area (Å²) in [5.41, 5.74) is 6.58. The van der Waals surface area contributed by atoms with Gasteiger partial charge in [0.1, 0.15) is 30.0 Å². The highest BCUT2D eigenvalue weighted by atomic mass is 32.2. The molecule has 1 aliphatic heterocycles. The second-order valence-corrected chi connectivity index (χ2v) is 16.9. The van der Waals surface area contributed by atoms with E-state index in [-0.39, 0.29) is 42.7 Å². The third-order valence-corrected chi connectivity index (χ3v) is 12.8. The Bertz CT molecular complexity index is 2050. The maximum atomic E-state index is 13.7. The predicted octanol–water partition coefficient (Wildman–Crippen LogP) is 5.91. The molecule has 3 atom stereocenters. The van der Waals surface area contributed by atoms with Gasteiger partial charge in [-0.1, -0.05) is 68.8 Å². The molecule has 0 saturated heterocycles. The molecule has 5 rings (SSSR count). The van der Waals surface area contributed by atoms with Crippen LogP contribution in [0.15, 0.2) is 53.4 Å². The molecule has 302 valence electrons. The van der Waals surface area contributed by atoms with Crippen molar-refractivity contribution in [3.63, 3.8) is 0 Å². The number of fused-ring (bicyclic) bond motifs is 4. The quantitative estimate of drug-likeness (QED) is 0.0574. The second kappa shape index (κ2) is 17.4. The van der Waals surface area contributed by atoms with Gasteiger partial charge in [-0.05, 0) is 111 Å². The van der Waals surface area contributed by atoms with E-state index in [1.807, 2.05) is 76.2 Å². The fourth-order valence-electron chi connectivity index (χ4n) is 7.60. The van der Waals surface area contributed by atoms with Crippen LogP contribution in [0.5, 0.6) is 5.75 Å². The second-order valence-electron chi connectivity index (χ2n) is 15.3. The highest BCUT2D eigenvalue weighted by molar-refractivity contribution is 7.90. The van der Waals surface area contributed by atoms with E-state index >= 15 is 0 Å². The summed E-state index contributed by atoms with van der Waals surface area (Å²) in [6.45, 7) is 13.5. The number of ether oxygens (including phenoxy) is 3. The molecule has 0 aromatic heterocycles. The number of nitrogens with one attached hydrogen (secondary N) is 5. The summed E-state index contributed by atoms with van der Waals surface area (Å²) in [5.74, 6) is -0.963. The van der Waals surface area contributed by atoms with Gasteiger partial charge >= 0.3 is 12.1 Å². The van der Waals surface area contributed by atoms with Gasteiger partial charge in [0.25, 0.3) is 10.0 Å². The van der Waals surface area contributed by atoms with Crippen LogP contribution in [0, 0.1) is 32.1 Å². The summed E-state index contributed by atoms with van der Waals surface area (Å²) < 4.78 is 46.7. The number of guanidine groups is 1. The molecule has 5 N–H and O–H groups in total. The van der Waals surface area contributed by atoms with Crippen LogP contribution >= 0.6 is 0 Å². The molecule has 0 unspecified atom stereocenters. The van der Waals surface area contributed by atoms with Crippen molar-refractivity contribution >= 4 is 34.0 Å². The van der Waals surface area contributed by atoms with E-state index in [9.17, 15) is 22.8 Å². The third kappa shape index (κ3) is 8.96. The number of esters is 1. The number of benzene rings is 3. The maximum absolute atomic E-state index is 13.7. The minimum Gasteiger partial charge on any atom is -0.487 e. The average molecular weight is 790 g/mol. The van der Waals surface area contributed by atoms with E-state index in [0.29, 0.717) is 36.1 Å². The van der Waals surface area contributed by atoms with E-state index in [0.717, 1.165) is 33.4 Å². The van der Waals surface area contributed by atoms with Crippen LogP contribution < -0.4 is 25.4 Å². The molecule has 2 aliphatic rings. The van der Waals surface area contributed by atoms with Crippen LogP contribution in [0.4, 0.5) is 4.79 Å². The Labute approximate surface area is 330 Å². The zero-order valence-electron chi connectivity index (χ0n) is 33.6. The monoisotopic (exact) mass is 789 g/mol. The van der Waals surface area contributed by atoms with Crippen molar-refractivity contribution in [3.05, 3.63) is 81.9 Å². The normalized spacial score (nSPS) is 16.5. The highest BCUT2D eigenvalue weighted by Crippen LogP contribution is 2.45. The number of alkyl carbamates (subject to hydrolysis) is 1. The Balaban J connectivity index is 1.23. The molecule has 0 spiro atoms. The van der Waals surface area contributed by atoms with E-state index in [1.54, 1.807) is 13.8 Å². The lowest BCUT2D eigenvalue weighted by Gasteiger charge is -2.40. The van der Waals surface area contributed by atoms with Crippen molar-refractivity contribution in [2.24, 2.45) is 5.92 Å². The minimum absolute atomic E-state index is 0.0421. The average Bonchev–Trinajstić information content (AvgIpc) is 3.47. The number of methoxy groups -OCH3 is 1. The largest absolute Gasteiger partial charge is 0.487 e. The Hall–Kier alpha value is -5.11. The van der Waals surface area contributed by atoms with Crippen molar-refractivity contribution < 1.29 is 37.0 Å². The molecule has 1 aliphatic carbocycles. The van der Waals surface area contributed by atoms with Crippen LogP contribution in [0.1, 0.15) is 92.7 Å². The molecular formula is C42H55N5O8S. The smallest absolute Gasteiger partial charge is 0.407 e. The van der Waals surface area contributed by atoms with Gasteiger partial charge in [-0.3, -0.25) is 10.2 Å². The molecule has 0 radical (unpaired) electrons. The van der Waals surface area contributed by atoms with E-state index in [2.05, 4.69) is 27.6 Å². The summed E-state index contributed by atoms with van der Waals surface area (Å²) in [4.78, 5) is 39.3. The first-order valence-corrected chi connectivity index (χ1v) is 20.7. The minimum atomic E-state index is -4.16. The van der Waals surface area contributed by atoms with Crippen molar-refractivity contribution in [2.75, 3.05) is 20.3 Å². The number of amides is 2. The first-order chi connectivity index (χ1) is 26.5. The highest BCUT2D eigenvalue weighted by Gasteiger charge is 2.38. The maximum Gasteiger partial charge on any atom is 0.407 e. The van der Waals surface area contributed by atoms with E-state index in [4.69, 9.17) is 19.6 Å². The standard InChI is InChI=1S/C42H55N5O8S/c1-9-15-35(39(49)53-8)45-38(48)34(46-41(50)54-23-33-30-18-12-10-16-28(30)29-17-11-13-19-31(29)33)20-14-21-44-40(43)47-56(51,52)37-26(4)25(3)36-32(27(37)5)22-24(2)42(6,7)55-36/h10-13,16-19,24,33-35H,9,14-15,20-23H2,1-8H3,(H,45,48)(H,46,50)(H3,43,44,47)/t24-,34-,35-/m1/s1. The molecule has 0 fully saturated rings. The molecule has 14 heteroatoms. The lowest BCUT2D eigenvalue weighted by molar-refractivity contribution is -0.145. The molecule has 1 heterocycles. The van der Waals surface area contributed by atoms with Crippen LogP contribution in [0.25, 0.3) is 11.1 Å². The Morgan fingerprint density at radius 3 is 2.16 bits per heavy atom. The number of carbonyl (C=O) groups is 3. The molecule has 13 nitrogen and oxygen atoms in total. The zero-order chi connectivity index (χ0) is 40.9. The van der Waals surface area contributed by atoms with Crippen LogP contribution in [-0.4, -0.2) is 70.3 Å². The number of carbonyl (C=O) groups excluding carboxylic acids is 3. The van der Waals surface area contributed by atoms with Crippen LogP contribution in [0.2, 0.25) is 0 Å². The van der Waals surface area contributed by atoms with E-state index < -0.39 is 51.6 Å². The van der Waals surface area contributed by atoms with Gasteiger partial charge in [0, 0.05) is 12.5 Å². The number of hydrogen-bond donors (Lipinski definition) is 5. The lowest BCUT2D eigenvalue weighted by atomic mass is 9.81. The topological polar surface area (TPSA) is 185 Å². The number of hydrogen-bond acceptors (Lipinski definition) is 9. The molecule has 3 aromatic carbocycles. The molecule has 3 aromatic rings. The third-order valence-electron chi connectivity index (χ3n) is 11.2. The van der Waals surface area contributed by atoms with Crippen molar-refractivity contribution in [1.82, 2.24) is 20.7 Å². The molecule has 0 saturated carbocycles. The summed E-state index contributed by atoms with van der Waals surface area (Å²) in [6.07, 6.45) is 1.11. The molecule has 56 heavy (non-hydrogen) atoms. The van der Waals surface area contributed by atoms with Crippen LogP contribution in [0.3, 0.4) is 0 Å². The Kier molecular flexibility index (Phi) is 13.0. The molecule has 2 amide bonds. The lowest BCUT2D eigenvalue weighted by Crippen LogP contribution is -2.52. The Morgan fingerprint density at radius 1 is 0.929 bits per heavy atom.